The number of nitro benzene ring substituents is 1. The van der Waals surface area contributed by atoms with Crippen LogP contribution in [0.4, 0.5) is 11.4 Å². The van der Waals surface area contributed by atoms with Crippen LogP contribution in [0, 0.1) is 10.1 Å². The average molecular weight is 340 g/mol. The molecule has 0 amide bonds. The van der Waals surface area contributed by atoms with Crippen LogP contribution in [0.3, 0.4) is 0 Å². The third-order valence-corrected chi connectivity index (χ3v) is 4.85. The summed E-state index contributed by atoms with van der Waals surface area (Å²) in [6.45, 7) is 2.28. The highest BCUT2D eigenvalue weighted by Gasteiger charge is 2.36. The molecule has 2 atom stereocenters. The normalized spacial score (nSPS) is 26.2. The number of nitrogens with one attached hydrogen (secondary N) is 1. The summed E-state index contributed by atoms with van der Waals surface area (Å²) in [6.07, 6.45) is 4.81. The van der Waals surface area contributed by atoms with E-state index in [1.54, 1.807) is 12.1 Å². The van der Waals surface area contributed by atoms with Crippen LogP contribution in [-0.2, 0) is 0 Å². The summed E-state index contributed by atoms with van der Waals surface area (Å²) in [5, 5.41) is 14.6. The molecular formula is C14H18BrN3O2. The van der Waals surface area contributed by atoms with E-state index in [2.05, 4.69) is 26.1 Å². The van der Waals surface area contributed by atoms with E-state index in [9.17, 15) is 10.1 Å². The van der Waals surface area contributed by atoms with Crippen LogP contribution in [0.5, 0.6) is 0 Å². The molecule has 2 saturated heterocycles. The minimum Gasteiger partial charge on any atom is -0.375 e. The molecule has 108 valence electrons. The minimum absolute atomic E-state index is 0.147. The molecule has 0 spiro atoms. The van der Waals surface area contributed by atoms with Gasteiger partial charge in [0, 0.05) is 29.2 Å². The molecule has 2 aliphatic heterocycles. The first-order valence-electron chi connectivity index (χ1n) is 7.09. The minimum atomic E-state index is -0.319. The first-order valence-corrected chi connectivity index (χ1v) is 7.89. The molecule has 0 aliphatic carbocycles. The molecule has 5 nitrogen and oxygen atoms in total. The van der Waals surface area contributed by atoms with Crippen LogP contribution in [0.25, 0.3) is 0 Å². The van der Waals surface area contributed by atoms with E-state index in [4.69, 9.17) is 0 Å². The Kier molecular flexibility index (Phi) is 3.94. The second kappa shape index (κ2) is 5.69. The van der Waals surface area contributed by atoms with E-state index >= 15 is 0 Å². The van der Waals surface area contributed by atoms with Gasteiger partial charge in [0.05, 0.1) is 4.92 Å². The van der Waals surface area contributed by atoms with Gasteiger partial charge in [0.2, 0.25) is 0 Å². The quantitative estimate of drug-likeness (QED) is 0.677. The lowest BCUT2D eigenvalue weighted by Gasteiger charge is -2.32. The number of piperidine rings is 1. The number of nitro groups is 1. The number of halogens is 1. The number of nitrogens with zero attached hydrogens (tertiary/aromatic N) is 2. The molecule has 0 radical (unpaired) electrons. The first kappa shape index (κ1) is 13.8. The Labute approximate surface area is 126 Å². The standard InChI is InChI=1S/C14H18BrN3O2/c15-10-4-5-11(14(9-10)18(19)20)16-12-6-8-17-7-2-1-3-13(12)17/h4-5,9,12-13,16H,1-3,6-8H2. The summed E-state index contributed by atoms with van der Waals surface area (Å²) in [5.41, 5.74) is 0.782. The molecule has 1 N–H and O–H groups in total. The predicted octanol–water partition coefficient (Wildman–Crippen LogP) is 3.40. The van der Waals surface area contributed by atoms with E-state index < -0.39 is 0 Å². The Balaban J connectivity index is 1.79. The third-order valence-electron chi connectivity index (χ3n) is 4.35. The lowest BCUT2D eigenvalue weighted by Crippen LogP contribution is -2.41. The molecule has 1 aromatic carbocycles. The fraction of sp³-hybridized carbons (Fsp3) is 0.571. The van der Waals surface area contributed by atoms with Crippen LogP contribution in [0.2, 0.25) is 0 Å². The maximum absolute atomic E-state index is 11.2. The van der Waals surface area contributed by atoms with Crippen LogP contribution < -0.4 is 5.32 Å². The zero-order valence-electron chi connectivity index (χ0n) is 11.2. The molecule has 3 rings (SSSR count). The van der Waals surface area contributed by atoms with E-state index in [1.165, 1.54) is 25.8 Å². The zero-order chi connectivity index (χ0) is 14.1. The molecule has 0 bridgehead atoms. The number of anilines is 1. The van der Waals surface area contributed by atoms with Gasteiger partial charge in [-0.15, -0.1) is 0 Å². The Bertz CT molecular complexity index is 523. The van der Waals surface area contributed by atoms with Crippen molar-refractivity contribution >= 4 is 27.3 Å². The molecule has 2 fully saturated rings. The summed E-state index contributed by atoms with van der Waals surface area (Å²) in [6, 6.07) is 6.08. The molecule has 2 unspecified atom stereocenters. The predicted molar refractivity (Wildman–Crippen MR) is 82.0 cm³/mol. The number of hydrogen-bond acceptors (Lipinski definition) is 4. The number of hydrogen-bond donors (Lipinski definition) is 1. The van der Waals surface area contributed by atoms with E-state index in [-0.39, 0.29) is 10.6 Å². The maximum atomic E-state index is 11.2. The highest BCUT2D eigenvalue weighted by Crippen LogP contribution is 2.33. The molecule has 2 heterocycles. The average Bonchev–Trinajstić information content (AvgIpc) is 2.84. The number of rotatable bonds is 3. The smallest absolute Gasteiger partial charge is 0.293 e. The molecule has 20 heavy (non-hydrogen) atoms. The Hall–Kier alpha value is -1.14. The lowest BCUT2D eigenvalue weighted by atomic mass is 9.99. The molecule has 1 aromatic rings. The summed E-state index contributed by atoms with van der Waals surface area (Å²) < 4.78 is 0.737. The van der Waals surface area contributed by atoms with Gasteiger partial charge >= 0.3 is 0 Å². The van der Waals surface area contributed by atoms with Crippen molar-refractivity contribution in [1.82, 2.24) is 4.90 Å². The van der Waals surface area contributed by atoms with Crippen molar-refractivity contribution in [2.45, 2.75) is 37.8 Å². The number of fused-ring (bicyclic) bond motifs is 1. The molecule has 0 saturated carbocycles. The van der Waals surface area contributed by atoms with Crippen molar-refractivity contribution in [3.63, 3.8) is 0 Å². The summed E-state index contributed by atoms with van der Waals surface area (Å²) in [4.78, 5) is 13.4. The lowest BCUT2D eigenvalue weighted by molar-refractivity contribution is -0.384. The van der Waals surface area contributed by atoms with Crippen molar-refractivity contribution in [3.05, 3.63) is 32.8 Å². The first-order chi connectivity index (χ1) is 9.65. The van der Waals surface area contributed by atoms with Gasteiger partial charge in [0.1, 0.15) is 5.69 Å². The largest absolute Gasteiger partial charge is 0.375 e. The summed E-state index contributed by atoms with van der Waals surface area (Å²) >= 11 is 3.29. The monoisotopic (exact) mass is 339 g/mol. The van der Waals surface area contributed by atoms with Crippen molar-refractivity contribution in [3.8, 4) is 0 Å². The third kappa shape index (κ3) is 2.67. The second-order valence-electron chi connectivity index (χ2n) is 5.56. The van der Waals surface area contributed by atoms with Gasteiger partial charge in [-0.2, -0.15) is 0 Å². The van der Waals surface area contributed by atoms with Gasteiger partial charge in [-0.25, -0.2) is 0 Å². The van der Waals surface area contributed by atoms with Crippen LogP contribution in [-0.4, -0.2) is 35.0 Å². The Morgan fingerprint density at radius 3 is 2.95 bits per heavy atom. The van der Waals surface area contributed by atoms with E-state index in [1.807, 2.05) is 6.07 Å². The summed E-state index contributed by atoms with van der Waals surface area (Å²) in [5.74, 6) is 0. The highest BCUT2D eigenvalue weighted by atomic mass is 79.9. The van der Waals surface area contributed by atoms with Crippen LogP contribution in [0.15, 0.2) is 22.7 Å². The van der Waals surface area contributed by atoms with Gasteiger partial charge < -0.3 is 5.32 Å². The van der Waals surface area contributed by atoms with Gasteiger partial charge in [-0.1, -0.05) is 22.4 Å². The van der Waals surface area contributed by atoms with Crippen molar-refractivity contribution < 1.29 is 4.92 Å². The van der Waals surface area contributed by atoms with Gasteiger partial charge in [0.15, 0.2) is 0 Å². The SMILES string of the molecule is O=[N+]([O-])c1cc(Br)ccc1NC1CCN2CCCCC12. The van der Waals surface area contributed by atoms with Gasteiger partial charge in [-0.05, 0) is 37.9 Å². The van der Waals surface area contributed by atoms with E-state index in [0.29, 0.717) is 17.8 Å². The highest BCUT2D eigenvalue weighted by molar-refractivity contribution is 9.10. The van der Waals surface area contributed by atoms with Gasteiger partial charge in [-0.3, -0.25) is 15.0 Å². The van der Waals surface area contributed by atoms with Crippen molar-refractivity contribution in [2.75, 3.05) is 18.4 Å². The summed E-state index contributed by atoms with van der Waals surface area (Å²) in [7, 11) is 0. The fourth-order valence-corrected chi connectivity index (χ4v) is 3.74. The van der Waals surface area contributed by atoms with E-state index in [0.717, 1.165) is 17.4 Å². The zero-order valence-corrected chi connectivity index (χ0v) is 12.8. The Morgan fingerprint density at radius 2 is 2.15 bits per heavy atom. The fourth-order valence-electron chi connectivity index (χ4n) is 3.39. The molecule has 2 aliphatic rings. The van der Waals surface area contributed by atoms with Gasteiger partial charge in [0.25, 0.3) is 5.69 Å². The second-order valence-corrected chi connectivity index (χ2v) is 6.47. The molecule has 6 heteroatoms. The van der Waals surface area contributed by atoms with Crippen LogP contribution in [0.1, 0.15) is 25.7 Å². The topological polar surface area (TPSA) is 58.4 Å². The molecule has 0 aromatic heterocycles. The van der Waals surface area contributed by atoms with Crippen molar-refractivity contribution in [1.29, 1.82) is 0 Å². The molecular weight excluding hydrogens is 322 g/mol. The van der Waals surface area contributed by atoms with Crippen molar-refractivity contribution in [2.24, 2.45) is 0 Å². The maximum Gasteiger partial charge on any atom is 0.293 e. The van der Waals surface area contributed by atoms with Crippen LogP contribution >= 0.6 is 15.9 Å². The number of benzene rings is 1. The Morgan fingerprint density at radius 1 is 1.30 bits per heavy atom.